The largest absolute Gasteiger partial charge is 0.503 e. The summed E-state index contributed by atoms with van der Waals surface area (Å²) in [6.07, 6.45) is 3.14. The molecule has 9 heteroatoms. The molecule has 2 amide bonds. The SMILES string of the molecule is CCOc1cc(/C=N\NC(=O)C(=O)NC[C@H]2CCCO2)cc(Br)c1O. The highest BCUT2D eigenvalue weighted by Gasteiger charge is 2.19. The first kappa shape index (κ1) is 19.2. The van der Waals surface area contributed by atoms with Crippen molar-refractivity contribution in [3.05, 3.63) is 22.2 Å². The number of hydrogen-bond donors (Lipinski definition) is 3. The lowest BCUT2D eigenvalue weighted by atomic mass is 10.2. The summed E-state index contributed by atoms with van der Waals surface area (Å²) >= 11 is 3.21. The minimum absolute atomic E-state index is 0.0171. The normalized spacial score (nSPS) is 16.8. The zero-order valence-corrected chi connectivity index (χ0v) is 15.3. The molecule has 0 bridgehead atoms. The molecule has 0 unspecified atom stereocenters. The maximum Gasteiger partial charge on any atom is 0.329 e. The van der Waals surface area contributed by atoms with Crippen LogP contribution in [0.2, 0.25) is 0 Å². The topological polar surface area (TPSA) is 109 Å². The average Bonchev–Trinajstić information content (AvgIpc) is 3.10. The second-order valence-electron chi connectivity index (χ2n) is 5.33. The van der Waals surface area contributed by atoms with E-state index in [9.17, 15) is 14.7 Å². The summed E-state index contributed by atoms with van der Waals surface area (Å²) < 4.78 is 11.1. The molecular formula is C16H20BrN3O5. The molecule has 3 N–H and O–H groups in total. The van der Waals surface area contributed by atoms with Crippen molar-refractivity contribution in [2.24, 2.45) is 5.10 Å². The number of ether oxygens (including phenoxy) is 2. The van der Waals surface area contributed by atoms with Gasteiger partial charge in [0.05, 0.1) is 23.4 Å². The Balaban J connectivity index is 1.86. The average molecular weight is 414 g/mol. The van der Waals surface area contributed by atoms with E-state index in [2.05, 4.69) is 31.8 Å². The van der Waals surface area contributed by atoms with Crippen LogP contribution in [0, 0.1) is 0 Å². The maximum atomic E-state index is 11.7. The molecule has 8 nitrogen and oxygen atoms in total. The monoisotopic (exact) mass is 413 g/mol. The number of halogens is 1. The van der Waals surface area contributed by atoms with Crippen molar-refractivity contribution in [2.75, 3.05) is 19.8 Å². The van der Waals surface area contributed by atoms with E-state index in [0.29, 0.717) is 35.5 Å². The van der Waals surface area contributed by atoms with Gasteiger partial charge in [0.1, 0.15) is 0 Å². The first-order valence-corrected chi connectivity index (χ1v) is 8.68. The van der Waals surface area contributed by atoms with Crippen LogP contribution in [-0.2, 0) is 14.3 Å². The molecule has 1 aliphatic rings. The Morgan fingerprint density at radius 3 is 2.96 bits per heavy atom. The molecule has 0 aromatic heterocycles. The Bertz CT molecular complexity index is 659. The molecule has 2 rings (SSSR count). The summed E-state index contributed by atoms with van der Waals surface area (Å²) in [5, 5.41) is 16.1. The van der Waals surface area contributed by atoms with Gasteiger partial charge in [-0.3, -0.25) is 9.59 Å². The highest BCUT2D eigenvalue weighted by molar-refractivity contribution is 9.10. The van der Waals surface area contributed by atoms with E-state index >= 15 is 0 Å². The molecule has 136 valence electrons. The Morgan fingerprint density at radius 1 is 1.48 bits per heavy atom. The summed E-state index contributed by atoms with van der Waals surface area (Å²) in [4.78, 5) is 23.3. The van der Waals surface area contributed by atoms with E-state index in [1.165, 1.54) is 6.21 Å². The molecule has 1 heterocycles. The molecule has 1 aromatic carbocycles. The number of nitrogens with one attached hydrogen (secondary N) is 2. The van der Waals surface area contributed by atoms with Crippen LogP contribution in [0.3, 0.4) is 0 Å². The van der Waals surface area contributed by atoms with Crippen LogP contribution in [0.1, 0.15) is 25.3 Å². The fourth-order valence-corrected chi connectivity index (χ4v) is 2.70. The van der Waals surface area contributed by atoms with Gasteiger partial charge in [0.25, 0.3) is 0 Å². The van der Waals surface area contributed by atoms with Crippen LogP contribution in [0.15, 0.2) is 21.7 Å². The van der Waals surface area contributed by atoms with Crippen molar-refractivity contribution in [2.45, 2.75) is 25.9 Å². The predicted octanol–water partition coefficient (Wildman–Crippen LogP) is 1.30. The van der Waals surface area contributed by atoms with Gasteiger partial charge < -0.3 is 19.9 Å². The molecule has 1 saturated heterocycles. The Hall–Kier alpha value is -2.13. The van der Waals surface area contributed by atoms with E-state index in [4.69, 9.17) is 9.47 Å². The molecule has 0 aliphatic carbocycles. The quantitative estimate of drug-likeness (QED) is 0.369. The van der Waals surface area contributed by atoms with Gasteiger partial charge in [-0.05, 0) is 53.4 Å². The lowest BCUT2D eigenvalue weighted by Gasteiger charge is -2.09. The van der Waals surface area contributed by atoms with E-state index in [1.54, 1.807) is 19.1 Å². The molecule has 0 saturated carbocycles. The van der Waals surface area contributed by atoms with E-state index in [1.807, 2.05) is 0 Å². The fraction of sp³-hybridized carbons (Fsp3) is 0.438. The van der Waals surface area contributed by atoms with Gasteiger partial charge in [-0.1, -0.05) is 0 Å². The van der Waals surface area contributed by atoms with Gasteiger partial charge >= 0.3 is 11.8 Å². The maximum absolute atomic E-state index is 11.7. The Kier molecular flexibility index (Phi) is 7.20. The van der Waals surface area contributed by atoms with Crippen LogP contribution < -0.4 is 15.5 Å². The van der Waals surface area contributed by atoms with Crippen molar-refractivity contribution >= 4 is 34.0 Å². The minimum Gasteiger partial charge on any atom is -0.503 e. The van der Waals surface area contributed by atoms with Crippen LogP contribution in [-0.4, -0.2) is 49.0 Å². The van der Waals surface area contributed by atoms with Crippen molar-refractivity contribution in [1.29, 1.82) is 0 Å². The molecule has 1 aliphatic heterocycles. The highest BCUT2D eigenvalue weighted by Crippen LogP contribution is 2.34. The van der Waals surface area contributed by atoms with Gasteiger partial charge in [0.2, 0.25) is 0 Å². The van der Waals surface area contributed by atoms with Gasteiger partial charge in [-0.15, -0.1) is 0 Å². The molecule has 0 radical (unpaired) electrons. The number of aromatic hydroxyl groups is 1. The second-order valence-corrected chi connectivity index (χ2v) is 6.18. The molecular weight excluding hydrogens is 394 g/mol. The Labute approximate surface area is 153 Å². The van der Waals surface area contributed by atoms with E-state index < -0.39 is 11.8 Å². The number of amides is 2. The molecule has 1 atom stereocenters. The molecule has 0 spiro atoms. The predicted molar refractivity (Wildman–Crippen MR) is 94.7 cm³/mol. The zero-order valence-electron chi connectivity index (χ0n) is 13.8. The molecule has 1 aromatic rings. The molecule has 1 fully saturated rings. The number of carbonyl (C=O) groups is 2. The lowest BCUT2D eigenvalue weighted by Crippen LogP contribution is -2.41. The highest BCUT2D eigenvalue weighted by atomic mass is 79.9. The molecule has 25 heavy (non-hydrogen) atoms. The number of rotatable bonds is 6. The Morgan fingerprint density at radius 2 is 2.28 bits per heavy atom. The van der Waals surface area contributed by atoms with Gasteiger partial charge in [-0.2, -0.15) is 5.10 Å². The summed E-state index contributed by atoms with van der Waals surface area (Å²) in [6.45, 7) is 3.17. The van der Waals surface area contributed by atoms with Crippen molar-refractivity contribution in [3.63, 3.8) is 0 Å². The summed E-state index contributed by atoms with van der Waals surface area (Å²) in [5.74, 6) is -1.36. The number of phenolic OH excluding ortho intramolecular Hbond substituents is 1. The summed E-state index contributed by atoms with van der Waals surface area (Å²) in [6, 6.07) is 3.17. The first-order chi connectivity index (χ1) is 12.0. The van der Waals surface area contributed by atoms with Crippen molar-refractivity contribution < 1.29 is 24.2 Å². The van der Waals surface area contributed by atoms with Gasteiger partial charge in [-0.25, -0.2) is 5.43 Å². The summed E-state index contributed by atoms with van der Waals surface area (Å²) in [5.41, 5.74) is 2.73. The standard InChI is InChI=1S/C16H20BrN3O5/c1-2-24-13-7-10(6-12(17)14(13)21)8-19-20-16(23)15(22)18-9-11-4-3-5-25-11/h6-8,11,21H,2-5,9H2,1H3,(H,18,22)(H,20,23)/b19-8-/t11-/m1/s1. The smallest absolute Gasteiger partial charge is 0.329 e. The zero-order chi connectivity index (χ0) is 18.2. The van der Waals surface area contributed by atoms with E-state index in [0.717, 1.165) is 12.8 Å². The van der Waals surface area contributed by atoms with Crippen molar-refractivity contribution in [3.8, 4) is 11.5 Å². The summed E-state index contributed by atoms with van der Waals surface area (Å²) in [7, 11) is 0. The number of benzene rings is 1. The van der Waals surface area contributed by atoms with Crippen LogP contribution in [0.25, 0.3) is 0 Å². The third-order valence-corrected chi connectivity index (χ3v) is 4.06. The first-order valence-electron chi connectivity index (χ1n) is 7.89. The number of hydrogen-bond acceptors (Lipinski definition) is 6. The lowest BCUT2D eigenvalue weighted by molar-refractivity contribution is -0.139. The van der Waals surface area contributed by atoms with E-state index in [-0.39, 0.29) is 11.9 Å². The van der Waals surface area contributed by atoms with Gasteiger partial charge in [0, 0.05) is 13.2 Å². The second kappa shape index (κ2) is 9.38. The minimum atomic E-state index is -0.864. The van der Waals surface area contributed by atoms with Gasteiger partial charge in [0.15, 0.2) is 11.5 Å². The number of carbonyl (C=O) groups excluding carboxylic acids is 2. The fourth-order valence-electron chi connectivity index (χ4n) is 2.24. The number of hydrazone groups is 1. The van der Waals surface area contributed by atoms with Crippen molar-refractivity contribution in [1.82, 2.24) is 10.7 Å². The number of phenols is 1. The van der Waals surface area contributed by atoms with Crippen LogP contribution in [0.5, 0.6) is 11.5 Å². The van der Waals surface area contributed by atoms with Crippen LogP contribution in [0.4, 0.5) is 0 Å². The van der Waals surface area contributed by atoms with Crippen LogP contribution >= 0.6 is 15.9 Å². The third kappa shape index (κ3) is 5.71. The number of nitrogens with zero attached hydrogens (tertiary/aromatic N) is 1. The third-order valence-electron chi connectivity index (χ3n) is 3.45.